The number of nitrogens with zero attached hydrogens (tertiary/aromatic N) is 2. The van der Waals surface area contributed by atoms with Gasteiger partial charge in [0.05, 0.1) is 11.1 Å². The molecule has 0 unspecified atom stereocenters. The van der Waals surface area contributed by atoms with Gasteiger partial charge in [-0.1, -0.05) is 36.4 Å². The SMILES string of the molecule is CC(C)(C(N)=O)c1ccc(Cc2cccc(-n3cccn3)c2)cc1. The maximum Gasteiger partial charge on any atom is 0.227 e. The van der Waals surface area contributed by atoms with Crippen LogP contribution in [0.4, 0.5) is 0 Å². The first-order chi connectivity index (χ1) is 11.5. The molecule has 3 aromatic rings. The molecule has 0 bridgehead atoms. The van der Waals surface area contributed by atoms with Crippen LogP contribution in [0.25, 0.3) is 5.69 Å². The van der Waals surface area contributed by atoms with E-state index in [1.807, 2.05) is 55.1 Å². The van der Waals surface area contributed by atoms with Crippen molar-refractivity contribution in [1.82, 2.24) is 9.78 Å². The van der Waals surface area contributed by atoms with Crippen LogP contribution < -0.4 is 5.73 Å². The molecule has 122 valence electrons. The summed E-state index contributed by atoms with van der Waals surface area (Å²) < 4.78 is 1.85. The predicted molar refractivity (Wildman–Crippen MR) is 95.0 cm³/mol. The Bertz CT molecular complexity index is 834. The summed E-state index contributed by atoms with van der Waals surface area (Å²) in [4.78, 5) is 11.6. The molecule has 0 saturated heterocycles. The highest BCUT2D eigenvalue weighted by Gasteiger charge is 2.26. The second-order valence-corrected chi connectivity index (χ2v) is 6.48. The lowest BCUT2D eigenvalue weighted by atomic mass is 9.83. The standard InChI is InChI=1S/C20H21N3O/c1-20(2,19(21)24)17-9-7-15(8-10-17)13-16-5-3-6-18(14-16)23-12-4-11-22-23/h3-12,14H,13H2,1-2H3,(H2,21,24). The predicted octanol–water partition coefficient (Wildman–Crippen LogP) is 3.23. The Morgan fingerprint density at radius 2 is 1.83 bits per heavy atom. The fourth-order valence-corrected chi connectivity index (χ4v) is 2.65. The molecule has 0 atom stereocenters. The second-order valence-electron chi connectivity index (χ2n) is 6.48. The van der Waals surface area contributed by atoms with Gasteiger partial charge in [0.15, 0.2) is 0 Å². The molecule has 0 fully saturated rings. The molecular formula is C20H21N3O. The zero-order valence-corrected chi connectivity index (χ0v) is 13.9. The molecule has 4 heteroatoms. The van der Waals surface area contributed by atoms with E-state index in [4.69, 9.17) is 5.73 Å². The lowest BCUT2D eigenvalue weighted by molar-refractivity contribution is -0.122. The molecule has 2 aromatic carbocycles. The molecule has 0 aliphatic rings. The van der Waals surface area contributed by atoms with Crippen LogP contribution in [0.2, 0.25) is 0 Å². The van der Waals surface area contributed by atoms with Gasteiger partial charge in [-0.3, -0.25) is 4.79 Å². The number of hydrogen-bond donors (Lipinski definition) is 1. The summed E-state index contributed by atoms with van der Waals surface area (Å²) in [7, 11) is 0. The van der Waals surface area contributed by atoms with E-state index in [1.165, 1.54) is 11.1 Å². The normalized spacial score (nSPS) is 11.4. The van der Waals surface area contributed by atoms with E-state index in [9.17, 15) is 4.79 Å². The van der Waals surface area contributed by atoms with Crippen LogP contribution in [0.1, 0.15) is 30.5 Å². The minimum absolute atomic E-state index is 0.317. The second kappa shape index (κ2) is 6.32. The Morgan fingerprint density at radius 1 is 1.08 bits per heavy atom. The van der Waals surface area contributed by atoms with Gasteiger partial charge in [-0.15, -0.1) is 0 Å². The van der Waals surface area contributed by atoms with E-state index in [1.54, 1.807) is 6.20 Å². The van der Waals surface area contributed by atoms with Crippen molar-refractivity contribution in [2.75, 3.05) is 0 Å². The van der Waals surface area contributed by atoms with Gasteiger partial charge in [0.25, 0.3) is 0 Å². The molecule has 1 amide bonds. The summed E-state index contributed by atoms with van der Waals surface area (Å²) in [6.45, 7) is 3.69. The van der Waals surface area contributed by atoms with Crippen molar-refractivity contribution in [2.24, 2.45) is 5.73 Å². The quantitative estimate of drug-likeness (QED) is 0.785. The van der Waals surface area contributed by atoms with Crippen LogP contribution >= 0.6 is 0 Å². The first-order valence-corrected chi connectivity index (χ1v) is 7.95. The van der Waals surface area contributed by atoms with Crippen molar-refractivity contribution in [3.05, 3.63) is 83.7 Å². The average molecular weight is 319 g/mol. The smallest absolute Gasteiger partial charge is 0.227 e. The fourth-order valence-electron chi connectivity index (χ4n) is 2.65. The Kier molecular flexibility index (Phi) is 4.21. The fraction of sp³-hybridized carbons (Fsp3) is 0.200. The van der Waals surface area contributed by atoms with Gasteiger partial charge in [0.1, 0.15) is 0 Å². The molecule has 2 N–H and O–H groups in total. The van der Waals surface area contributed by atoms with Crippen molar-refractivity contribution >= 4 is 5.91 Å². The van der Waals surface area contributed by atoms with Gasteiger partial charge in [-0.05, 0) is 55.2 Å². The monoisotopic (exact) mass is 319 g/mol. The van der Waals surface area contributed by atoms with Gasteiger partial charge in [0.2, 0.25) is 5.91 Å². The lowest BCUT2D eigenvalue weighted by Crippen LogP contribution is -2.35. The summed E-state index contributed by atoms with van der Waals surface area (Å²) in [5, 5.41) is 4.26. The maximum absolute atomic E-state index is 11.6. The molecule has 1 heterocycles. The zero-order valence-electron chi connectivity index (χ0n) is 13.9. The molecule has 0 spiro atoms. The summed E-state index contributed by atoms with van der Waals surface area (Å²) in [6.07, 6.45) is 4.53. The number of carbonyl (C=O) groups excluding carboxylic acids is 1. The molecule has 0 aliphatic heterocycles. The molecule has 1 aromatic heterocycles. The Hall–Kier alpha value is -2.88. The highest BCUT2D eigenvalue weighted by atomic mass is 16.1. The van der Waals surface area contributed by atoms with Gasteiger partial charge in [-0.2, -0.15) is 5.10 Å². The van der Waals surface area contributed by atoms with E-state index in [0.29, 0.717) is 0 Å². The first kappa shape index (κ1) is 16.0. The van der Waals surface area contributed by atoms with Crippen LogP contribution in [-0.4, -0.2) is 15.7 Å². The Morgan fingerprint density at radius 3 is 2.46 bits per heavy atom. The number of aromatic nitrogens is 2. The van der Waals surface area contributed by atoms with Gasteiger partial charge in [-0.25, -0.2) is 4.68 Å². The van der Waals surface area contributed by atoms with Crippen LogP contribution in [0.3, 0.4) is 0 Å². The third kappa shape index (κ3) is 3.23. The van der Waals surface area contributed by atoms with E-state index in [0.717, 1.165) is 17.7 Å². The molecule has 0 saturated carbocycles. The number of nitrogens with two attached hydrogens (primary N) is 1. The average Bonchev–Trinajstić information content (AvgIpc) is 3.10. The maximum atomic E-state index is 11.6. The van der Waals surface area contributed by atoms with Gasteiger partial charge in [0, 0.05) is 12.4 Å². The molecule has 0 aliphatic carbocycles. The lowest BCUT2D eigenvalue weighted by Gasteiger charge is -2.21. The van der Waals surface area contributed by atoms with Crippen molar-refractivity contribution < 1.29 is 4.79 Å². The number of hydrogen-bond acceptors (Lipinski definition) is 2. The number of carbonyl (C=O) groups is 1. The molecule has 24 heavy (non-hydrogen) atoms. The number of primary amides is 1. The van der Waals surface area contributed by atoms with Crippen molar-refractivity contribution in [3.8, 4) is 5.69 Å². The van der Waals surface area contributed by atoms with Crippen LogP contribution in [0.15, 0.2) is 67.0 Å². The van der Waals surface area contributed by atoms with E-state index in [2.05, 4.69) is 29.4 Å². The zero-order chi connectivity index (χ0) is 17.2. The largest absolute Gasteiger partial charge is 0.369 e. The third-order valence-corrected chi connectivity index (χ3v) is 4.38. The first-order valence-electron chi connectivity index (χ1n) is 7.95. The van der Waals surface area contributed by atoms with Gasteiger partial charge >= 0.3 is 0 Å². The van der Waals surface area contributed by atoms with Crippen LogP contribution in [-0.2, 0) is 16.6 Å². The molecular weight excluding hydrogens is 298 g/mol. The summed E-state index contributed by atoms with van der Waals surface area (Å²) in [6, 6.07) is 18.3. The van der Waals surface area contributed by atoms with E-state index >= 15 is 0 Å². The minimum Gasteiger partial charge on any atom is -0.369 e. The Balaban J connectivity index is 1.80. The number of benzene rings is 2. The van der Waals surface area contributed by atoms with Crippen LogP contribution in [0.5, 0.6) is 0 Å². The topological polar surface area (TPSA) is 60.9 Å². The van der Waals surface area contributed by atoms with Crippen molar-refractivity contribution in [3.63, 3.8) is 0 Å². The van der Waals surface area contributed by atoms with E-state index in [-0.39, 0.29) is 5.91 Å². The van der Waals surface area contributed by atoms with Gasteiger partial charge < -0.3 is 5.73 Å². The number of rotatable bonds is 5. The third-order valence-electron chi connectivity index (χ3n) is 4.38. The van der Waals surface area contributed by atoms with Crippen LogP contribution in [0, 0.1) is 0 Å². The Labute approximate surface area is 141 Å². The summed E-state index contributed by atoms with van der Waals surface area (Å²) in [5.41, 5.74) is 9.21. The minimum atomic E-state index is -0.654. The van der Waals surface area contributed by atoms with Crippen molar-refractivity contribution in [1.29, 1.82) is 0 Å². The van der Waals surface area contributed by atoms with Crippen molar-refractivity contribution in [2.45, 2.75) is 25.7 Å². The highest BCUT2D eigenvalue weighted by molar-refractivity contribution is 5.85. The highest BCUT2D eigenvalue weighted by Crippen LogP contribution is 2.23. The molecule has 3 rings (SSSR count). The molecule has 0 radical (unpaired) electrons. The number of amides is 1. The summed E-state index contributed by atoms with van der Waals surface area (Å²) >= 11 is 0. The van der Waals surface area contributed by atoms with E-state index < -0.39 is 5.41 Å². The molecule has 4 nitrogen and oxygen atoms in total. The summed E-state index contributed by atoms with van der Waals surface area (Å²) in [5.74, 6) is -0.317.